The van der Waals surface area contributed by atoms with E-state index in [2.05, 4.69) is 25.7 Å². The maximum absolute atomic E-state index is 11.9. The lowest BCUT2D eigenvalue weighted by molar-refractivity contribution is -0.121. The number of carbonyl (C=O) groups excluding carboxylic acids is 2. The SMILES string of the molecule is Nc1nc2c(ncn2[C@@H]2O[C@H](COSN3CC(=O)NC(=O)N3)[C@@H](O)[C@H]2O)c(=O)[nH]1. The average Bonchev–Trinajstić information content (AvgIpc) is 3.17. The number of nitrogens with zero attached hydrogens (tertiary/aromatic N) is 4. The largest absolute Gasteiger partial charge is 0.387 e. The van der Waals surface area contributed by atoms with E-state index in [1.54, 1.807) is 0 Å². The number of nitrogens with one attached hydrogen (secondary N) is 3. The molecule has 0 radical (unpaired) electrons. The minimum Gasteiger partial charge on any atom is -0.387 e. The lowest BCUT2D eigenvalue weighted by Gasteiger charge is -2.24. The molecule has 0 unspecified atom stereocenters. The Hall–Kier alpha value is -2.76. The topological polar surface area (TPSA) is 210 Å². The highest BCUT2D eigenvalue weighted by atomic mass is 32.2. The zero-order chi connectivity index (χ0) is 20.7. The summed E-state index contributed by atoms with van der Waals surface area (Å²) in [6, 6.07) is -0.696. The van der Waals surface area contributed by atoms with Gasteiger partial charge in [-0.15, -0.1) is 4.41 Å². The van der Waals surface area contributed by atoms with E-state index < -0.39 is 42.0 Å². The van der Waals surface area contributed by atoms with Gasteiger partial charge in [-0.1, -0.05) is 0 Å². The predicted molar refractivity (Wildman–Crippen MR) is 95.4 cm³/mol. The van der Waals surface area contributed by atoms with Crippen LogP contribution in [0.5, 0.6) is 0 Å². The van der Waals surface area contributed by atoms with Crippen molar-refractivity contribution in [2.24, 2.45) is 0 Å². The van der Waals surface area contributed by atoms with Crippen LogP contribution in [-0.2, 0) is 13.7 Å². The number of fused-ring (bicyclic) bond motifs is 1. The third-order valence-electron chi connectivity index (χ3n) is 4.20. The van der Waals surface area contributed by atoms with Gasteiger partial charge in [-0.3, -0.25) is 34.1 Å². The highest BCUT2D eigenvalue weighted by Crippen LogP contribution is 2.31. The monoisotopic (exact) mass is 428 g/mol. The molecule has 4 heterocycles. The first-order valence-electron chi connectivity index (χ1n) is 8.25. The highest BCUT2D eigenvalue weighted by Gasteiger charge is 2.44. The maximum Gasteiger partial charge on any atom is 0.336 e. The van der Waals surface area contributed by atoms with E-state index in [1.807, 2.05) is 0 Å². The van der Waals surface area contributed by atoms with E-state index in [1.165, 1.54) is 10.9 Å². The molecular weight excluding hydrogens is 412 g/mol. The van der Waals surface area contributed by atoms with Gasteiger partial charge in [-0.2, -0.15) is 4.98 Å². The van der Waals surface area contributed by atoms with Crippen LogP contribution in [0.3, 0.4) is 0 Å². The molecule has 2 saturated heterocycles. The molecule has 2 fully saturated rings. The number of imidazole rings is 1. The van der Waals surface area contributed by atoms with Gasteiger partial charge in [-0.25, -0.2) is 9.78 Å². The molecule has 15 nitrogen and oxygen atoms in total. The molecule has 2 aliphatic heterocycles. The van der Waals surface area contributed by atoms with E-state index in [0.717, 1.165) is 4.41 Å². The number of hydrogen-bond acceptors (Lipinski definition) is 12. The summed E-state index contributed by atoms with van der Waals surface area (Å²) in [7, 11) is 0. The van der Waals surface area contributed by atoms with Crippen LogP contribution in [0.25, 0.3) is 11.2 Å². The van der Waals surface area contributed by atoms with Crippen LogP contribution in [0, 0.1) is 0 Å². The van der Waals surface area contributed by atoms with Crippen molar-refractivity contribution < 1.29 is 28.7 Å². The Balaban J connectivity index is 1.43. The summed E-state index contributed by atoms with van der Waals surface area (Å²) >= 11 is 0.674. The highest BCUT2D eigenvalue weighted by molar-refractivity contribution is 7.92. The number of hydrazine groups is 1. The van der Waals surface area contributed by atoms with E-state index in [9.17, 15) is 24.6 Å². The van der Waals surface area contributed by atoms with E-state index >= 15 is 0 Å². The summed E-state index contributed by atoms with van der Waals surface area (Å²) in [6.45, 7) is -0.325. The molecule has 7 N–H and O–H groups in total. The van der Waals surface area contributed by atoms with Gasteiger partial charge in [0.1, 0.15) is 37.1 Å². The fourth-order valence-corrected chi connectivity index (χ4v) is 3.52. The van der Waals surface area contributed by atoms with Crippen molar-refractivity contribution in [3.63, 3.8) is 0 Å². The number of urea groups is 1. The van der Waals surface area contributed by atoms with E-state index in [0.29, 0.717) is 12.2 Å². The van der Waals surface area contributed by atoms with Crippen molar-refractivity contribution in [3.05, 3.63) is 16.7 Å². The summed E-state index contributed by atoms with van der Waals surface area (Å²) < 4.78 is 13.4. The standard InChI is InChI=1S/C13H16N8O7S/c14-12-17-9-6(10(25)18-12)15-3-20(9)11-8(24)7(23)4(28-11)2-27-29-21-1-5(22)16-13(26)19-21/h3-4,7-8,11,23-24H,1-2H2,(H3,14,17,18,25)(H2,16,19,22,26)/t4-,7-,8-,11-/m1/s1. The second-order valence-corrected chi connectivity index (χ2v) is 7.03. The minimum atomic E-state index is -1.37. The van der Waals surface area contributed by atoms with Crippen LogP contribution >= 0.6 is 12.2 Å². The smallest absolute Gasteiger partial charge is 0.336 e. The Labute approximate surface area is 165 Å². The molecule has 2 aromatic rings. The van der Waals surface area contributed by atoms with Crippen LogP contribution in [0.4, 0.5) is 10.7 Å². The van der Waals surface area contributed by atoms with Gasteiger partial charge in [0.15, 0.2) is 17.4 Å². The molecule has 2 aliphatic rings. The second-order valence-electron chi connectivity index (χ2n) is 6.21. The summed E-state index contributed by atoms with van der Waals surface area (Å²) in [5, 5.41) is 22.7. The molecule has 0 saturated carbocycles. The van der Waals surface area contributed by atoms with Gasteiger partial charge in [-0.05, 0) is 0 Å². The number of aromatic amines is 1. The number of hydrogen-bond donors (Lipinski definition) is 6. The summed E-state index contributed by atoms with van der Waals surface area (Å²) in [5.41, 5.74) is 7.42. The average molecular weight is 428 g/mol. The molecular formula is C13H16N8O7S. The number of carbonyl (C=O) groups is 2. The summed E-state index contributed by atoms with van der Waals surface area (Å²) in [4.78, 5) is 44.6. The molecule has 16 heteroatoms. The molecule has 156 valence electrons. The van der Waals surface area contributed by atoms with Crippen molar-refractivity contribution in [2.45, 2.75) is 24.5 Å². The minimum absolute atomic E-state index is 0.00105. The molecule has 0 aliphatic carbocycles. The summed E-state index contributed by atoms with van der Waals surface area (Å²) in [6.07, 6.45) is -3.49. The third kappa shape index (κ3) is 3.76. The molecule has 0 spiro atoms. The van der Waals surface area contributed by atoms with Crippen molar-refractivity contribution in [2.75, 3.05) is 18.9 Å². The molecule has 4 rings (SSSR count). The molecule has 2 aromatic heterocycles. The number of rotatable bonds is 5. The first-order valence-corrected chi connectivity index (χ1v) is 8.95. The van der Waals surface area contributed by atoms with Crippen molar-refractivity contribution in [1.29, 1.82) is 0 Å². The van der Waals surface area contributed by atoms with Gasteiger partial charge in [0, 0.05) is 0 Å². The first-order chi connectivity index (χ1) is 13.8. The number of ether oxygens (including phenoxy) is 1. The van der Waals surface area contributed by atoms with Crippen LogP contribution < -0.4 is 22.0 Å². The summed E-state index contributed by atoms with van der Waals surface area (Å²) in [5.74, 6) is -0.646. The number of aliphatic hydroxyl groups is 2. The Morgan fingerprint density at radius 3 is 2.90 bits per heavy atom. The first kappa shape index (κ1) is 19.6. The predicted octanol–water partition coefficient (Wildman–Crippen LogP) is -3.04. The van der Waals surface area contributed by atoms with Crippen LogP contribution in [0.2, 0.25) is 0 Å². The zero-order valence-corrected chi connectivity index (χ0v) is 15.3. The van der Waals surface area contributed by atoms with E-state index in [-0.39, 0.29) is 30.3 Å². The number of amides is 3. The molecule has 0 aromatic carbocycles. The maximum atomic E-state index is 11.9. The molecule has 29 heavy (non-hydrogen) atoms. The number of H-pyrrole nitrogens is 1. The van der Waals surface area contributed by atoms with Gasteiger partial charge >= 0.3 is 6.03 Å². The van der Waals surface area contributed by atoms with Crippen LogP contribution in [-0.4, -0.2) is 77.5 Å². The number of nitrogen functional groups attached to an aromatic ring is 1. The number of aromatic nitrogens is 4. The van der Waals surface area contributed by atoms with E-state index in [4.69, 9.17) is 14.7 Å². The fraction of sp³-hybridized carbons (Fsp3) is 0.462. The zero-order valence-electron chi connectivity index (χ0n) is 14.5. The Kier molecular flexibility index (Phi) is 5.11. The Morgan fingerprint density at radius 1 is 1.34 bits per heavy atom. The van der Waals surface area contributed by atoms with Crippen molar-refractivity contribution in [1.82, 2.24) is 34.7 Å². The molecule has 4 atom stereocenters. The van der Waals surface area contributed by atoms with Crippen molar-refractivity contribution >= 4 is 41.3 Å². The van der Waals surface area contributed by atoms with Crippen LogP contribution in [0.1, 0.15) is 6.23 Å². The van der Waals surface area contributed by atoms with Crippen LogP contribution in [0.15, 0.2) is 11.1 Å². The third-order valence-corrected chi connectivity index (χ3v) is 4.85. The lowest BCUT2D eigenvalue weighted by atomic mass is 10.1. The quantitative estimate of drug-likeness (QED) is 0.207. The number of anilines is 1. The number of nitrogens with two attached hydrogens (primary N) is 1. The van der Waals surface area contributed by atoms with Gasteiger partial charge in [0.2, 0.25) is 11.9 Å². The fourth-order valence-electron chi connectivity index (χ4n) is 2.91. The second kappa shape index (κ2) is 7.58. The Bertz CT molecular complexity index is 995. The molecule has 0 bridgehead atoms. The van der Waals surface area contributed by atoms with Crippen molar-refractivity contribution in [3.8, 4) is 0 Å². The van der Waals surface area contributed by atoms with Gasteiger partial charge in [0.05, 0.1) is 12.9 Å². The van der Waals surface area contributed by atoms with Gasteiger partial charge < -0.3 is 20.7 Å². The van der Waals surface area contributed by atoms with Gasteiger partial charge in [0.25, 0.3) is 5.56 Å². The Morgan fingerprint density at radius 2 is 2.14 bits per heavy atom. The molecule has 3 amide bonds. The number of aliphatic hydroxyl groups excluding tert-OH is 2. The normalized spacial score (nSPS) is 27.9. The lowest BCUT2D eigenvalue weighted by Crippen LogP contribution is -2.56. The number of imide groups is 1.